The van der Waals surface area contributed by atoms with Gasteiger partial charge in [-0.05, 0) is 42.7 Å². The van der Waals surface area contributed by atoms with Crippen LogP contribution >= 0.6 is 34.8 Å². The molecule has 25 heavy (non-hydrogen) atoms. The van der Waals surface area contributed by atoms with Gasteiger partial charge in [-0.1, -0.05) is 45.0 Å². The Labute approximate surface area is 165 Å². The minimum absolute atomic E-state index is 0.0881. The number of rotatable bonds is 6. The van der Waals surface area contributed by atoms with Crippen LogP contribution in [0.5, 0.6) is 0 Å². The molecule has 3 nitrogen and oxygen atoms in total. The van der Waals surface area contributed by atoms with Gasteiger partial charge in [0.2, 0.25) is 5.91 Å². The van der Waals surface area contributed by atoms with Gasteiger partial charge in [0.25, 0.3) is 0 Å². The zero-order chi connectivity index (χ0) is 18.9. The summed E-state index contributed by atoms with van der Waals surface area (Å²) in [6.45, 7) is 8.26. The molecule has 6 heteroatoms. The second-order valence-corrected chi connectivity index (χ2v) is 9.69. The molecular formula is C19H25Cl3N2O. The van der Waals surface area contributed by atoms with Gasteiger partial charge in [0.1, 0.15) is 4.33 Å². The summed E-state index contributed by atoms with van der Waals surface area (Å²) in [6, 6.07) is 8.26. The normalized spacial score (nSPS) is 22.6. The van der Waals surface area contributed by atoms with E-state index in [-0.39, 0.29) is 11.3 Å². The molecule has 1 amide bonds. The standard InChI is InChI=1S/C19H25Cl3N2O/c1-17(2,3)14-9-7-13(8-10-14)15(6-5-11-20)23-24-16(25)18(4)12-19(18,21)22/h7-10H,5-6,11-12H2,1-4H3,(H,24,25)/b23-15+. The van der Waals surface area contributed by atoms with Crippen molar-refractivity contribution in [2.45, 2.75) is 56.7 Å². The van der Waals surface area contributed by atoms with Crippen LogP contribution in [0, 0.1) is 5.41 Å². The topological polar surface area (TPSA) is 41.5 Å². The summed E-state index contributed by atoms with van der Waals surface area (Å²) in [7, 11) is 0. The Morgan fingerprint density at radius 1 is 1.24 bits per heavy atom. The van der Waals surface area contributed by atoms with E-state index in [0.717, 1.165) is 17.7 Å². The van der Waals surface area contributed by atoms with Crippen LogP contribution in [-0.2, 0) is 10.2 Å². The minimum atomic E-state index is -1.00. The maximum Gasteiger partial charge on any atom is 0.249 e. The largest absolute Gasteiger partial charge is 0.272 e. The fourth-order valence-electron chi connectivity index (χ4n) is 2.55. The third kappa shape index (κ3) is 4.69. The monoisotopic (exact) mass is 402 g/mol. The molecule has 1 fully saturated rings. The number of carbonyl (C=O) groups is 1. The quantitative estimate of drug-likeness (QED) is 0.385. The van der Waals surface area contributed by atoms with Crippen LogP contribution in [0.15, 0.2) is 29.4 Å². The third-order valence-corrected chi connectivity index (χ3v) is 6.05. The molecule has 1 unspecified atom stereocenters. The highest BCUT2D eigenvalue weighted by molar-refractivity contribution is 6.53. The van der Waals surface area contributed by atoms with Gasteiger partial charge in [-0.3, -0.25) is 4.79 Å². The Hall–Kier alpha value is -0.770. The number of alkyl halides is 3. The van der Waals surface area contributed by atoms with Crippen LogP contribution < -0.4 is 5.43 Å². The molecule has 1 atom stereocenters. The number of benzene rings is 1. The number of carbonyl (C=O) groups excluding carboxylic acids is 1. The molecule has 1 aromatic carbocycles. The van der Waals surface area contributed by atoms with Crippen molar-refractivity contribution in [3.8, 4) is 0 Å². The molecule has 1 N–H and O–H groups in total. The SMILES string of the molecule is CC(C)(C)c1ccc(/C(CCCCl)=N/NC(=O)C2(C)CC2(Cl)Cl)cc1. The van der Waals surface area contributed by atoms with Gasteiger partial charge >= 0.3 is 0 Å². The van der Waals surface area contributed by atoms with E-state index in [0.29, 0.717) is 18.7 Å². The first-order valence-corrected chi connectivity index (χ1v) is 9.72. The van der Waals surface area contributed by atoms with E-state index in [4.69, 9.17) is 34.8 Å². The molecule has 0 heterocycles. The van der Waals surface area contributed by atoms with Crippen LogP contribution in [0.3, 0.4) is 0 Å². The molecule has 1 aliphatic carbocycles. The molecule has 0 saturated heterocycles. The minimum Gasteiger partial charge on any atom is -0.272 e. The maximum atomic E-state index is 12.3. The fourth-order valence-corrected chi connectivity index (χ4v) is 3.39. The number of nitrogens with one attached hydrogen (secondary N) is 1. The molecule has 0 radical (unpaired) electrons. The van der Waals surface area contributed by atoms with Gasteiger partial charge < -0.3 is 0 Å². The Morgan fingerprint density at radius 3 is 2.24 bits per heavy atom. The van der Waals surface area contributed by atoms with E-state index in [1.165, 1.54) is 5.56 Å². The maximum absolute atomic E-state index is 12.3. The molecule has 1 aliphatic rings. The summed E-state index contributed by atoms with van der Waals surface area (Å²) in [5.74, 6) is 0.282. The fraction of sp³-hybridized carbons (Fsp3) is 0.579. The number of nitrogens with zero attached hydrogens (tertiary/aromatic N) is 1. The zero-order valence-corrected chi connectivity index (χ0v) is 17.4. The lowest BCUT2D eigenvalue weighted by atomic mass is 9.86. The molecule has 0 bridgehead atoms. The van der Waals surface area contributed by atoms with Crippen molar-refractivity contribution in [3.05, 3.63) is 35.4 Å². The van der Waals surface area contributed by atoms with E-state index in [1.54, 1.807) is 6.92 Å². The summed E-state index contributed by atoms with van der Waals surface area (Å²) >= 11 is 17.9. The van der Waals surface area contributed by atoms with Crippen molar-refractivity contribution in [1.29, 1.82) is 0 Å². The van der Waals surface area contributed by atoms with Crippen LogP contribution in [0.1, 0.15) is 58.1 Å². The zero-order valence-electron chi connectivity index (χ0n) is 15.1. The molecule has 0 aromatic heterocycles. The van der Waals surface area contributed by atoms with E-state index in [2.05, 4.69) is 43.4 Å². The Bertz CT molecular complexity index is 662. The van der Waals surface area contributed by atoms with Gasteiger partial charge in [-0.15, -0.1) is 34.8 Å². The predicted octanol–water partition coefficient (Wildman–Crippen LogP) is 5.41. The summed E-state index contributed by atoms with van der Waals surface area (Å²) < 4.78 is -1.00. The predicted molar refractivity (Wildman–Crippen MR) is 107 cm³/mol. The first-order valence-electron chi connectivity index (χ1n) is 8.43. The Kier molecular flexibility index (Phi) is 6.13. The number of hydrazone groups is 1. The highest BCUT2D eigenvalue weighted by Crippen LogP contribution is 2.63. The number of hydrogen-bond acceptors (Lipinski definition) is 2. The van der Waals surface area contributed by atoms with Gasteiger partial charge in [-0.2, -0.15) is 5.10 Å². The van der Waals surface area contributed by atoms with Crippen molar-refractivity contribution in [2.75, 3.05) is 5.88 Å². The smallest absolute Gasteiger partial charge is 0.249 e. The highest BCUT2D eigenvalue weighted by atomic mass is 35.5. The first-order chi connectivity index (χ1) is 11.5. The van der Waals surface area contributed by atoms with Gasteiger partial charge in [-0.25, -0.2) is 5.43 Å². The number of hydrogen-bond donors (Lipinski definition) is 1. The lowest BCUT2D eigenvalue weighted by Gasteiger charge is -2.19. The van der Waals surface area contributed by atoms with Gasteiger partial charge in [0.05, 0.1) is 11.1 Å². The van der Waals surface area contributed by atoms with E-state index in [1.807, 2.05) is 12.1 Å². The molecule has 1 aromatic rings. The van der Waals surface area contributed by atoms with Crippen molar-refractivity contribution in [3.63, 3.8) is 0 Å². The highest BCUT2D eigenvalue weighted by Gasteiger charge is 2.68. The van der Waals surface area contributed by atoms with Gasteiger partial charge in [0.15, 0.2) is 0 Å². The van der Waals surface area contributed by atoms with E-state index >= 15 is 0 Å². The van der Waals surface area contributed by atoms with E-state index < -0.39 is 9.75 Å². The van der Waals surface area contributed by atoms with Crippen LogP contribution in [0.25, 0.3) is 0 Å². The van der Waals surface area contributed by atoms with E-state index in [9.17, 15) is 4.79 Å². The third-order valence-electron chi connectivity index (χ3n) is 4.68. The Balaban J connectivity index is 2.17. The molecule has 0 spiro atoms. The average Bonchev–Trinajstić information content (AvgIpc) is 3.06. The van der Waals surface area contributed by atoms with Crippen molar-refractivity contribution in [2.24, 2.45) is 10.5 Å². The molecular weight excluding hydrogens is 379 g/mol. The second kappa shape index (κ2) is 7.46. The van der Waals surface area contributed by atoms with Crippen molar-refractivity contribution < 1.29 is 4.79 Å². The lowest BCUT2D eigenvalue weighted by Crippen LogP contribution is -2.30. The number of halogens is 3. The van der Waals surface area contributed by atoms with Crippen LogP contribution in [0.4, 0.5) is 0 Å². The summed E-state index contributed by atoms with van der Waals surface area (Å²) in [6.07, 6.45) is 1.90. The number of amides is 1. The second-order valence-electron chi connectivity index (χ2n) is 7.83. The van der Waals surface area contributed by atoms with Crippen LogP contribution in [-0.4, -0.2) is 21.8 Å². The first kappa shape index (κ1) is 20.5. The summed E-state index contributed by atoms with van der Waals surface area (Å²) in [5, 5.41) is 4.34. The van der Waals surface area contributed by atoms with Crippen molar-refractivity contribution in [1.82, 2.24) is 5.43 Å². The lowest BCUT2D eigenvalue weighted by molar-refractivity contribution is -0.125. The molecule has 2 rings (SSSR count). The average molecular weight is 404 g/mol. The molecule has 1 saturated carbocycles. The summed E-state index contributed by atoms with van der Waals surface area (Å²) in [4.78, 5) is 12.3. The molecule has 0 aliphatic heterocycles. The van der Waals surface area contributed by atoms with Crippen molar-refractivity contribution >= 4 is 46.4 Å². The summed E-state index contributed by atoms with van der Waals surface area (Å²) in [5.41, 5.74) is 4.95. The van der Waals surface area contributed by atoms with Crippen LogP contribution in [0.2, 0.25) is 0 Å². The Morgan fingerprint density at radius 2 is 1.80 bits per heavy atom. The van der Waals surface area contributed by atoms with Gasteiger partial charge in [0, 0.05) is 5.88 Å². The molecule has 138 valence electrons.